The van der Waals surface area contributed by atoms with Crippen LogP contribution in [0.3, 0.4) is 0 Å². The Labute approximate surface area is 84.0 Å². The lowest BCUT2D eigenvalue weighted by Crippen LogP contribution is -2.58. The van der Waals surface area contributed by atoms with Crippen LogP contribution in [0.15, 0.2) is 5.28 Å². The van der Waals surface area contributed by atoms with Crippen molar-refractivity contribution < 1.29 is 30.0 Å². The summed E-state index contributed by atoms with van der Waals surface area (Å²) in [6, 6.07) is 0. The van der Waals surface area contributed by atoms with Gasteiger partial charge in [0.05, 0.1) is 0 Å². The van der Waals surface area contributed by atoms with Gasteiger partial charge in [0.2, 0.25) is 0 Å². The van der Waals surface area contributed by atoms with Gasteiger partial charge in [-0.05, 0) is 5.53 Å². The number of azide groups is 1. The molecule has 0 aromatic heterocycles. The quantitative estimate of drug-likeness (QED) is 0.188. The number of hydrogen-bond donors (Lipinski definition) is 4. The van der Waals surface area contributed by atoms with Crippen molar-refractivity contribution in [3.8, 4) is 0 Å². The molecule has 1 heterocycles. The number of nitrogens with zero attached hydrogens (tertiary/aromatic N) is 3. The third kappa shape index (κ3) is 2.69. The van der Waals surface area contributed by atoms with Crippen LogP contribution < -0.4 is 0 Å². The minimum Gasteiger partial charge on any atom is -0.431 e. The van der Waals surface area contributed by atoms with Gasteiger partial charge in [-0.1, -0.05) is 0 Å². The molecule has 86 valence electrons. The lowest BCUT2D eigenvalue weighted by molar-refractivity contribution is -0.288. The first-order valence-electron chi connectivity index (χ1n) is 4.12. The second-order valence-electron chi connectivity index (χ2n) is 3.00. The van der Waals surface area contributed by atoms with E-state index in [9.17, 15) is 10.2 Å². The molecule has 9 nitrogen and oxygen atoms in total. The summed E-state index contributed by atoms with van der Waals surface area (Å²) in [6.07, 6.45) is -7.27. The zero-order valence-corrected chi connectivity index (χ0v) is 7.54. The van der Waals surface area contributed by atoms with E-state index in [0.29, 0.717) is 0 Å². The summed E-state index contributed by atoms with van der Waals surface area (Å²) in [5, 5.41) is 39.5. The minimum atomic E-state index is -1.62. The fraction of sp³-hybridized carbons (Fsp3) is 1.00. The van der Waals surface area contributed by atoms with Crippen molar-refractivity contribution in [3.05, 3.63) is 10.4 Å². The van der Waals surface area contributed by atoms with Gasteiger partial charge in [0.15, 0.2) is 6.29 Å². The van der Waals surface area contributed by atoms with Gasteiger partial charge in [-0.2, -0.15) is 0 Å². The molecule has 1 aliphatic rings. The molecule has 1 aliphatic heterocycles. The molecule has 9 heteroatoms. The number of hydrogen-bond acceptors (Lipinski definition) is 7. The number of ether oxygens (including phenoxy) is 1. The maximum Gasteiger partial charge on any atom is 0.184 e. The van der Waals surface area contributed by atoms with Crippen LogP contribution in [0.4, 0.5) is 0 Å². The van der Waals surface area contributed by atoms with Crippen molar-refractivity contribution in [2.75, 3.05) is 6.61 Å². The van der Waals surface area contributed by atoms with Gasteiger partial charge in [-0.25, -0.2) is 0 Å². The van der Waals surface area contributed by atoms with E-state index in [0.717, 1.165) is 0 Å². The third-order valence-electron chi connectivity index (χ3n) is 2.02. The highest BCUT2D eigenvalue weighted by Gasteiger charge is 2.43. The van der Waals surface area contributed by atoms with Crippen LogP contribution in [0.25, 0.3) is 10.4 Å². The van der Waals surface area contributed by atoms with Crippen LogP contribution >= 0.6 is 0 Å². The van der Waals surface area contributed by atoms with Gasteiger partial charge in [-0.15, -0.1) is 0 Å². The number of aliphatic hydroxyl groups is 4. The molecule has 1 unspecified atom stereocenters. The molecule has 0 saturated carbocycles. The standard InChI is InChI=1S/C6H11N3O6/c7-8-9-14-1-2-3(10)4(11)5(12)6(13)15-2/h2-6,10-13H,1H2/t2-,3-,4+,5-,6?/m1/s1. The van der Waals surface area contributed by atoms with Crippen LogP contribution in [0, 0.1) is 0 Å². The largest absolute Gasteiger partial charge is 0.431 e. The fourth-order valence-corrected chi connectivity index (χ4v) is 1.20. The summed E-state index contributed by atoms with van der Waals surface area (Å²) in [5.41, 5.74) is 7.90. The molecule has 0 aromatic rings. The first kappa shape index (κ1) is 12.0. The van der Waals surface area contributed by atoms with Crippen LogP contribution in [0.1, 0.15) is 0 Å². The highest BCUT2D eigenvalue weighted by atomic mass is 16.7. The molecule has 0 amide bonds. The predicted molar refractivity (Wildman–Crippen MR) is 44.0 cm³/mol. The van der Waals surface area contributed by atoms with E-state index in [4.69, 9.17) is 20.5 Å². The molecular weight excluding hydrogens is 210 g/mol. The van der Waals surface area contributed by atoms with E-state index in [1.165, 1.54) is 0 Å². The van der Waals surface area contributed by atoms with Crippen molar-refractivity contribution in [2.45, 2.75) is 30.7 Å². The van der Waals surface area contributed by atoms with Crippen molar-refractivity contribution >= 4 is 0 Å². The second-order valence-corrected chi connectivity index (χ2v) is 3.00. The van der Waals surface area contributed by atoms with E-state index >= 15 is 0 Å². The van der Waals surface area contributed by atoms with Crippen LogP contribution in [0.5, 0.6) is 0 Å². The average molecular weight is 221 g/mol. The first-order valence-corrected chi connectivity index (χ1v) is 4.12. The smallest absolute Gasteiger partial charge is 0.184 e. The summed E-state index contributed by atoms with van der Waals surface area (Å²) in [6.45, 7) is -0.341. The van der Waals surface area contributed by atoms with Gasteiger partial charge in [-0.3, -0.25) is 0 Å². The zero-order valence-electron chi connectivity index (χ0n) is 7.54. The van der Waals surface area contributed by atoms with Crippen molar-refractivity contribution in [3.63, 3.8) is 0 Å². The molecule has 1 saturated heterocycles. The molecule has 0 radical (unpaired) electrons. The van der Waals surface area contributed by atoms with Gasteiger partial charge in [0.25, 0.3) is 0 Å². The Morgan fingerprint density at radius 2 is 1.87 bits per heavy atom. The van der Waals surface area contributed by atoms with Gasteiger partial charge < -0.3 is 30.0 Å². The van der Waals surface area contributed by atoms with Gasteiger partial charge in [0, 0.05) is 4.91 Å². The molecule has 1 rings (SSSR count). The van der Waals surface area contributed by atoms with Crippen LogP contribution in [-0.4, -0.2) is 57.7 Å². The van der Waals surface area contributed by atoms with E-state index in [2.05, 4.69) is 15.0 Å². The van der Waals surface area contributed by atoms with E-state index in [1.54, 1.807) is 0 Å². The lowest BCUT2D eigenvalue weighted by atomic mass is 9.99. The topological polar surface area (TPSA) is 148 Å². The molecule has 0 aromatic carbocycles. The maximum absolute atomic E-state index is 9.36. The summed E-state index contributed by atoms with van der Waals surface area (Å²) < 4.78 is 4.72. The van der Waals surface area contributed by atoms with Crippen LogP contribution in [0.2, 0.25) is 0 Å². The van der Waals surface area contributed by atoms with Gasteiger partial charge >= 0.3 is 0 Å². The van der Waals surface area contributed by atoms with Crippen molar-refractivity contribution in [2.24, 2.45) is 5.28 Å². The second kappa shape index (κ2) is 5.12. The fourth-order valence-electron chi connectivity index (χ4n) is 1.20. The van der Waals surface area contributed by atoms with E-state index in [-0.39, 0.29) is 6.61 Å². The highest BCUT2D eigenvalue weighted by molar-refractivity contribution is 4.88. The molecule has 15 heavy (non-hydrogen) atoms. The SMILES string of the molecule is [N-]=[N+]=NOC[C@H]1OC(O)[C@H](O)[C@@H](O)[C@@H]1O. The lowest BCUT2D eigenvalue weighted by Gasteiger charge is -2.37. The summed E-state index contributed by atoms with van der Waals surface area (Å²) in [7, 11) is 0. The zero-order chi connectivity index (χ0) is 11.4. The summed E-state index contributed by atoms with van der Waals surface area (Å²) in [4.78, 5) is 6.63. The minimum absolute atomic E-state index is 0.341. The third-order valence-corrected chi connectivity index (χ3v) is 2.02. The molecular formula is C6H11N3O6. The number of rotatable bonds is 3. The average Bonchev–Trinajstić information content (AvgIpc) is 2.23. The molecule has 1 fully saturated rings. The van der Waals surface area contributed by atoms with Gasteiger partial charge in [0.1, 0.15) is 36.3 Å². The Balaban J connectivity index is 2.54. The monoisotopic (exact) mass is 221 g/mol. The Morgan fingerprint density at radius 3 is 2.47 bits per heavy atom. The Hall–Kier alpha value is -1.09. The van der Waals surface area contributed by atoms with Crippen LogP contribution in [-0.2, 0) is 9.57 Å². The molecule has 0 bridgehead atoms. The molecule has 0 aliphatic carbocycles. The Bertz CT molecular complexity index is 257. The predicted octanol–water partition coefficient (Wildman–Crippen LogP) is -1.97. The highest BCUT2D eigenvalue weighted by Crippen LogP contribution is 2.19. The Kier molecular flexibility index (Phi) is 4.09. The van der Waals surface area contributed by atoms with E-state index < -0.39 is 30.7 Å². The molecule has 0 spiro atoms. The van der Waals surface area contributed by atoms with E-state index in [1.807, 2.05) is 0 Å². The van der Waals surface area contributed by atoms with Crippen molar-refractivity contribution in [1.29, 1.82) is 0 Å². The normalized spacial score (nSPS) is 40.7. The maximum atomic E-state index is 9.36. The first-order chi connectivity index (χ1) is 7.07. The number of aliphatic hydroxyl groups excluding tert-OH is 4. The summed E-state index contributed by atoms with van der Waals surface area (Å²) >= 11 is 0. The molecule has 5 atom stereocenters. The van der Waals surface area contributed by atoms with Crippen molar-refractivity contribution in [1.82, 2.24) is 0 Å². The summed E-state index contributed by atoms with van der Waals surface area (Å²) in [5.74, 6) is 0. The molecule has 4 N–H and O–H groups in total. The Morgan fingerprint density at radius 1 is 1.20 bits per heavy atom.